The average molecular weight is 337 g/mol. The van der Waals surface area contributed by atoms with Crippen molar-refractivity contribution in [2.45, 2.75) is 6.04 Å². The lowest BCUT2D eigenvalue weighted by Gasteiger charge is -2.19. The molecule has 0 fully saturated rings. The zero-order chi connectivity index (χ0) is 16.4. The van der Waals surface area contributed by atoms with Gasteiger partial charge in [-0.25, -0.2) is 15.0 Å². The van der Waals surface area contributed by atoms with Gasteiger partial charge in [-0.05, 0) is 29.8 Å². The highest BCUT2D eigenvalue weighted by Crippen LogP contribution is 2.28. The van der Waals surface area contributed by atoms with Gasteiger partial charge in [0.25, 0.3) is 0 Å². The summed E-state index contributed by atoms with van der Waals surface area (Å²) in [5.74, 6) is 0.660. The Balaban J connectivity index is 1.80. The number of H-pyrrole nitrogens is 1. The summed E-state index contributed by atoms with van der Waals surface area (Å²) in [6.07, 6.45) is 4.85. The summed E-state index contributed by atoms with van der Waals surface area (Å²) >= 11 is 6.17. The Morgan fingerprint density at radius 3 is 2.79 bits per heavy atom. The second-order valence-electron chi connectivity index (χ2n) is 5.21. The molecule has 24 heavy (non-hydrogen) atoms. The van der Waals surface area contributed by atoms with Gasteiger partial charge in [0.1, 0.15) is 11.8 Å². The number of pyridine rings is 1. The fourth-order valence-corrected chi connectivity index (χ4v) is 2.77. The van der Waals surface area contributed by atoms with Gasteiger partial charge < -0.3 is 10.3 Å². The number of nitrogens with one attached hydrogen (secondary N) is 2. The monoisotopic (exact) mass is 336 g/mol. The molecule has 0 aliphatic rings. The van der Waals surface area contributed by atoms with Crippen LogP contribution in [0.5, 0.6) is 0 Å². The molecule has 0 radical (unpaired) electrons. The SMILES string of the molecule is Clc1cccc([C@H](Nc2ncnc3nc[nH]c23)c2ccccn2)c1. The van der Waals surface area contributed by atoms with Crippen molar-refractivity contribution in [3.8, 4) is 0 Å². The third kappa shape index (κ3) is 2.79. The van der Waals surface area contributed by atoms with Crippen molar-refractivity contribution in [2.24, 2.45) is 0 Å². The quantitative estimate of drug-likeness (QED) is 0.595. The molecule has 1 atom stereocenters. The molecule has 7 heteroatoms. The van der Waals surface area contributed by atoms with Gasteiger partial charge >= 0.3 is 0 Å². The molecule has 0 aliphatic heterocycles. The third-order valence-electron chi connectivity index (χ3n) is 3.67. The van der Waals surface area contributed by atoms with Gasteiger partial charge in [-0.2, -0.15) is 0 Å². The summed E-state index contributed by atoms with van der Waals surface area (Å²) in [6, 6.07) is 13.3. The fourth-order valence-electron chi connectivity index (χ4n) is 2.57. The second-order valence-corrected chi connectivity index (χ2v) is 5.65. The smallest absolute Gasteiger partial charge is 0.182 e. The maximum atomic E-state index is 6.17. The zero-order valence-electron chi connectivity index (χ0n) is 12.5. The number of halogens is 1. The number of hydrogen-bond acceptors (Lipinski definition) is 5. The van der Waals surface area contributed by atoms with Crippen LogP contribution in [0.1, 0.15) is 17.3 Å². The van der Waals surface area contributed by atoms with Gasteiger partial charge in [0.2, 0.25) is 0 Å². The van der Waals surface area contributed by atoms with E-state index < -0.39 is 0 Å². The highest BCUT2D eigenvalue weighted by molar-refractivity contribution is 6.30. The fraction of sp³-hybridized carbons (Fsp3) is 0.0588. The first-order valence-electron chi connectivity index (χ1n) is 7.38. The van der Waals surface area contributed by atoms with E-state index in [0.29, 0.717) is 16.5 Å². The molecule has 0 bridgehead atoms. The number of anilines is 1. The number of rotatable bonds is 4. The van der Waals surface area contributed by atoms with Gasteiger partial charge in [-0.15, -0.1) is 0 Å². The summed E-state index contributed by atoms with van der Waals surface area (Å²) in [4.78, 5) is 20.2. The van der Waals surface area contributed by atoms with Crippen molar-refractivity contribution in [1.29, 1.82) is 0 Å². The van der Waals surface area contributed by atoms with E-state index in [1.807, 2.05) is 42.5 Å². The predicted molar refractivity (Wildman–Crippen MR) is 92.8 cm³/mol. The first-order valence-corrected chi connectivity index (χ1v) is 7.76. The molecule has 0 saturated carbocycles. The van der Waals surface area contributed by atoms with E-state index in [2.05, 4.69) is 30.2 Å². The molecule has 4 aromatic rings. The van der Waals surface area contributed by atoms with Crippen molar-refractivity contribution >= 4 is 28.6 Å². The number of benzene rings is 1. The number of hydrogen-bond donors (Lipinski definition) is 2. The number of aromatic amines is 1. The Bertz CT molecular complexity index is 969. The van der Waals surface area contributed by atoms with Crippen LogP contribution in [-0.4, -0.2) is 24.9 Å². The van der Waals surface area contributed by atoms with E-state index in [9.17, 15) is 0 Å². The highest BCUT2D eigenvalue weighted by atomic mass is 35.5. The number of aromatic nitrogens is 5. The average Bonchev–Trinajstić information content (AvgIpc) is 3.10. The summed E-state index contributed by atoms with van der Waals surface area (Å²) in [6.45, 7) is 0. The van der Waals surface area contributed by atoms with Gasteiger partial charge in [0.15, 0.2) is 11.5 Å². The van der Waals surface area contributed by atoms with E-state index in [0.717, 1.165) is 16.8 Å². The van der Waals surface area contributed by atoms with Crippen LogP contribution in [0.3, 0.4) is 0 Å². The summed E-state index contributed by atoms with van der Waals surface area (Å²) in [5, 5.41) is 4.10. The molecule has 1 aromatic carbocycles. The molecule has 6 nitrogen and oxygen atoms in total. The van der Waals surface area contributed by atoms with Crippen LogP contribution in [0.2, 0.25) is 5.02 Å². The predicted octanol–water partition coefficient (Wildman–Crippen LogP) is 3.60. The van der Waals surface area contributed by atoms with E-state index in [4.69, 9.17) is 11.6 Å². The molecule has 3 heterocycles. The minimum Gasteiger partial charge on any atom is -0.356 e. The van der Waals surface area contributed by atoms with Crippen LogP contribution >= 0.6 is 11.6 Å². The van der Waals surface area contributed by atoms with Crippen molar-refractivity contribution in [2.75, 3.05) is 5.32 Å². The lowest BCUT2D eigenvalue weighted by Crippen LogP contribution is -2.15. The molecular weight excluding hydrogens is 324 g/mol. The maximum absolute atomic E-state index is 6.17. The van der Waals surface area contributed by atoms with E-state index in [-0.39, 0.29) is 6.04 Å². The van der Waals surface area contributed by atoms with E-state index in [1.165, 1.54) is 6.33 Å². The van der Waals surface area contributed by atoms with Crippen LogP contribution < -0.4 is 5.32 Å². The van der Waals surface area contributed by atoms with E-state index >= 15 is 0 Å². The Kier molecular flexibility index (Phi) is 3.80. The van der Waals surface area contributed by atoms with Gasteiger partial charge in [-0.3, -0.25) is 4.98 Å². The Morgan fingerprint density at radius 2 is 1.96 bits per heavy atom. The highest BCUT2D eigenvalue weighted by Gasteiger charge is 2.18. The van der Waals surface area contributed by atoms with Crippen molar-refractivity contribution < 1.29 is 0 Å². The normalized spacial score (nSPS) is 12.2. The Morgan fingerprint density at radius 1 is 1.00 bits per heavy atom. The van der Waals surface area contributed by atoms with Crippen LogP contribution in [-0.2, 0) is 0 Å². The molecular formula is C17H13ClN6. The van der Waals surface area contributed by atoms with Crippen LogP contribution in [0.15, 0.2) is 61.3 Å². The van der Waals surface area contributed by atoms with E-state index in [1.54, 1.807) is 12.5 Å². The van der Waals surface area contributed by atoms with Crippen molar-refractivity contribution in [3.63, 3.8) is 0 Å². The molecule has 118 valence electrons. The molecule has 0 saturated heterocycles. The third-order valence-corrected chi connectivity index (χ3v) is 3.90. The number of fused-ring (bicyclic) bond motifs is 1. The first-order chi connectivity index (χ1) is 11.8. The largest absolute Gasteiger partial charge is 0.356 e. The summed E-state index contributed by atoms with van der Waals surface area (Å²) in [7, 11) is 0. The zero-order valence-corrected chi connectivity index (χ0v) is 13.3. The minimum absolute atomic E-state index is 0.203. The van der Waals surface area contributed by atoms with Gasteiger partial charge in [-0.1, -0.05) is 29.8 Å². The maximum Gasteiger partial charge on any atom is 0.182 e. The molecule has 0 unspecified atom stereocenters. The topological polar surface area (TPSA) is 79.4 Å². The lowest BCUT2D eigenvalue weighted by atomic mass is 10.0. The standard InChI is InChI=1S/C17H13ClN6/c18-12-5-3-4-11(8-12)14(13-6-1-2-7-19-13)24-17-15-16(21-9-20-15)22-10-23-17/h1-10,14H,(H2,20,21,22,23,24)/t14-/m0/s1. The van der Waals surface area contributed by atoms with Crippen LogP contribution in [0.25, 0.3) is 11.2 Å². The number of nitrogens with zero attached hydrogens (tertiary/aromatic N) is 4. The number of imidazole rings is 1. The Hall–Kier alpha value is -2.99. The second kappa shape index (κ2) is 6.25. The molecule has 4 rings (SSSR count). The molecule has 3 aromatic heterocycles. The lowest BCUT2D eigenvalue weighted by molar-refractivity contribution is 0.878. The van der Waals surface area contributed by atoms with Crippen molar-refractivity contribution in [1.82, 2.24) is 24.9 Å². The molecule has 2 N–H and O–H groups in total. The first kappa shape index (κ1) is 14.6. The van der Waals surface area contributed by atoms with Crippen LogP contribution in [0, 0.1) is 0 Å². The Labute approximate surface area is 143 Å². The van der Waals surface area contributed by atoms with Crippen molar-refractivity contribution in [3.05, 3.63) is 77.6 Å². The molecule has 0 aliphatic carbocycles. The van der Waals surface area contributed by atoms with Crippen LogP contribution in [0.4, 0.5) is 5.82 Å². The minimum atomic E-state index is -0.203. The summed E-state index contributed by atoms with van der Waals surface area (Å²) in [5.41, 5.74) is 3.22. The molecule has 0 amide bonds. The van der Waals surface area contributed by atoms with Gasteiger partial charge in [0.05, 0.1) is 18.1 Å². The molecule has 0 spiro atoms. The van der Waals surface area contributed by atoms with Gasteiger partial charge in [0, 0.05) is 11.2 Å². The summed E-state index contributed by atoms with van der Waals surface area (Å²) < 4.78 is 0.